The number of benzene rings is 2. The average molecular weight is 498 g/mol. The number of hydrogen-bond donors (Lipinski definition) is 1. The van der Waals surface area contributed by atoms with Gasteiger partial charge >= 0.3 is 0 Å². The minimum absolute atomic E-state index is 0.0560. The van der Waals surface area contributed by atoms with Crippen LogP contribution >= 0.6 is 11.3 Å². The van der Waals surface area contributed by atoms with E-state index in [-0.39, 0.29) is 35.1 Å². The van der Waals surface area contributed by atoms with Crippen molar-refractivity contribution in [3.8, 4) is 0 Å². The van der Waals surface area contributed by atoms with Gasteiger partial charge in [-0.1, -0.05) is 63.2 Å². The van der Waals surface area contributed by atoms with Gasteiger partial charge in [0.05, 0.1) is 28.8 Å². The maximum atomic E-state index is 12.6. The molecule has 0 unspecified atom stereocenters. The van der Waals surface area contributed by atoms with Crippen molar-refractivity contribution in [3.05, 3.63) is 76.3 Å². The molecule has 0 saturated heterocycles. The van der Waals surface area contributed by atoms with Crippen molar-refractivity contribution in [2.75, 3.05) is 11.1 Å². The van der Waals surface area contributed by atoms with Crippen molar-refractivity contribution in [2.45, 2.75) is 57.6 Å². The van der Waals surface area contributed by atoms with E-state index >= 15 is 0 Å². The molecule has 1 aromatic heterocycles. The Balaban J connectivity index is 1.44. The summed E-state index contributed by atoms with van der Waals surface area (Å²) in [5, 5.41) is 3.57. The van der Waals surface area contributed by atoms with E-state index < -0.39 is 9.84 Å². The van der Waals surface area contributed by atoms with Crippen molar-refractivity contribution >= 4 is 32.2 Å². The van der Waals surface area contributed by atoms with Gasteiger partial charge in [-0.05, 0) is 36.1 Å². The number of carbonyl (C=O) groups is 1. The lowest BCUT2D eigenvalue weighted by molar-refractivity contribution is -0.115. The molecule has 2 heterocycles. The zero-order valence-corrected chi connectivity index (χ0v) is 21.6. The molecule has 0 radical (unpaired) electrons. The summed E-state index contributed by atoms with van der Waals surface area (Å²) in [6.45, 7) is 9.10. The molecule has 6 nitrogen and oxygen atoms in total. The van der Waals surface area contributed by atoms with E-state index in [1.807, 2.05) is 6.07 Å². The van der Waals surface area contributed by atoms with E-state index in [0.717, 1.165) is 17.8 Å². The van der Waals surface area contributed by atoms with Crippen LogP contribution in [0.15, 0.2) is 59.5 Å². The van der Waals surface area contributed by atoms with Crippen LogP contribution in [-0.2, 0) is 27.6 Å². The highest BCUT2D eigenvalue weighted by Gasteiger charge is 2.38. The van der Waals surface area contributed by atoms with E-state index in [0.29, 0.717) is 11.0 Å². The Kier molecular flexibility index (Phi) is 7.21. The van der Waals surface area contributed by atoms with E-state index in [1.54, 1.807) is 42.5 Å². The molecule has 4 rings (SSSR count). The number of rotatable bonds is 8. The SMILES string of the molecule is CCS(=O)(=O)c1ccc(CC(=O)Nc2nc3c(s2)CN([C@@H](C)c2ccccc2)[C@@H]3C(C)C)cc1. The Morgan fingerprint density at radius 2 is 1.79 bits per heavy atom. The lowest BCUT2D eigenvalue weighted by atomic mass is 9.98. The summed E-state index contributed by atoms with van der Waals surface area (Å²) in [4.78, 5) is 21.4. The molecule has 2 atom stereocenters. The van der Waals surface area contributed by atoms with Crippen LogP contribution in [0.2, 0.25) is 0 Å². The number of nitrogens with zero attached hydrogens (tertiary/aromatic N) is 2. The first-order valence-electron chi connectivity index (χ1n) is 11.6. The summed E-state index contributed by atoms with van der Waals surface area (Å²) in [7, 11) is -3.24. The molecule has 1 aliphatic rings. The van der Waals surface area contributed by atoms with Gasteiger partial charge in [0.15, 0.2) is 15.0 Å². The molecule has 0 saturated carbocycles. The van der Waals surface area contributed by atoms with Gasteiger partial charge in [-0.3, -0.25) is 9.69 Å². The molecule has 180 valence electrons. The molecular formula is C26H31N3O3S2. The maximum absolute atomic E-state index is 12.6. The predicted molar refractivity (Wildman–Crippen MR) is 137 cm³/mol. The summed E-state index contributed by atoms with van der Waals surface area (Å²) in [6, 6.07) is 17.5. The summed E-state index contributed by atoms with van der Waals surface area (Å²) in [5.41, 5.74) is 3.11. The topological polar surface area (TPSA) is 79.4 Å². The minimum atomic E-state index is -3.24. The molecule has 34 heavy (non-hydrogen) atoms. The second kappa shape index (κ2) is 9.98. The summed E-state index contributed by atoms with van der Waals surface area (Å²) >= 11 is 1.54. The Hall–Kier alpha value is -2.55. The number of amides is 1. The van der Waals surface area contributed by atoms with Gasteiger partial charge in [-0.15, -0.1) is 11.3 Å². The van der Waals surface area contributed by atoms with E-state index in [1.165, 1.54) is 10.4 Å². The lowest BCUT2D eigenvalue weighted by Crippen LogP contribution is -2.29. The largest absolute Gasteiger partial charge is 0.302 e. The quantitative estimate of drug-likeness (QED) is 0.451. The molecule has 0 aliphatic carbocycles. The highest BCUT2D eigenvalue weighted by Crippen LogP contribution is 2.46. The second-order valence-corrected chi connectivity index (χ2v) is 12.4. The third-order valence-electron chi connectivity index (χ3n) is 6.38. The smallest absolute Gasteiger partial charge is 0.230 e. The predicted octanol–water partition coefficient (Wildman–Crippen LogP) is 5.39. The standard InChI is InChI=1S/C26H31N3O3S2/c1-5-34(31,32)21-13-11-19(12-14-21)15-23(30)27-26-28-24-22(33-26)16-29(25(24)17(2)3)18(4)20-9-7-6-8-10-20/h6-14,17-18,25H,5,15-16H2,1-4H3,(H,27,28,30)/t18-,25+/m0/s1. The van der Waals surface area contributed by atoms with Gasteiger partial charge in [0.25, 0.3) is 0 Å². The van der Waals surface area contributed by atoms with Crippen LogP contribution in [0.3, 0.4) is 0 Å². The summed E-state index contributed by atoms with van der Waals surface area (Å²) in [5.74, 6) is 0.283. The highest BCUT2D eigenvalue weighted by atomic mass is 32.2. The number of hydrogen-bond acceptors (Lipinski definition) is 6. The molecule has 2 aromatic carbocycles. The van der Waals surface area contributed by atoms with Crippen LogP contribution < -0.4 is 5.32 Å². The minimum Gasteiger partial charge on any atom is -0.302 e. The number of nitrogens with one attached hydrogen (secondary N) is 1. The van der Waals surface area contributed by atoms with Crippen molar-refractivity contribution in [2.24, 2.45) is 5.92 Å². The van der Waals surface area contributed by atoms with Gasteiger partial charge in [-0.25, -0.2) is 13.4 Å². The maximum Gasteiger partial charge on any atom is 0.230 e. The molecule has 3 aromatic rings. The zero-order chi connectivity index (χ0) is 24.5. The fraction of sp³-hybridized carbons (Fsp3) is 0.385. The number of fused-ring (bicyclic) bond motifs is 1. The first kappa shape index (κ1) is 24.6. The van der Waals surface area contributed by atoms with Crippen LogP contribution in [0, 0.1) is 5.92 Å². The van der Waals surface area contributed by atoms with Gasteiger partial charge in [-0.2, -0.15) is 0 Å². The number of anilines is 1. The molecule has 1 amide bonds. The van der Waals surface area contributed by atoms with E-state index in [2.05, 4.69) is 55.3 Å². The number of sulfone groups is 1. The fourth-order valence-electron chi connectivity index (χ4n) is 4.51. The van der Waals surface area contributed by atoms with E-state index in [9.17, 15) is 13.2 Å². The molecule has 0 bridgehead atoms. The van der Waals surface area contributed by atoms with E-state index in [4.69, 9.17) is 4.98 Å². The normalized spacial score (nSPS) is 17.0. The third kappa shape index (κ3) is 5.09. The first-order valence-corrected chi connectivity index (χ1v) is 14.1. The van der Waals surface area contributed by atoms with Crippen LogP contribution in [-0.4, -0.2) is 30.0 Å². The Bertz CT molecular complexity index is 1250. The Morgan fingerprint density at radius 3 is 2.41 bits per heavy atom. The van der Waals surface area contributed by atoms with Gasteiger partial charge < -0.3 is 5.32 Å². The van der Waals surface area contributed by atoms with Gasteiger partial charge in [0.1, 0.15) is 0 Å². The van der Waals surface area contributed by atoms with Crippen LogP contribution in [0.4, 0.5) is 5.13 Å². The van der Waals surface area contributed by atoms with Crippen molar-refractivity contribution < 1.29 is 13.2 Å². The van der Waals surface area contributed by atoms with Crippen molar-refractivity contribution in [1.82, 2.24) is 9.88 Å². The third-order valence-corrected chi connectivity index (χ3v) is 9.10. The van der Waals surface area contributed by atoms with Crippen LogP contribution in [0.1, 0.15) is 61.5 Å². The van der Waals surface area contributed by atoms with Crippen molar-refractivity contribution in [1.29, 1.82) is 0 Å². The Morgan fingerprint density at radius 1 is 1.12 bits per heavy atom. The molecule has 1 N–H and O–H groups in total. The van der Waals surface area contributed by atoms with Crippen LogP contribution in [0.25, 0.3) is 0 Å². The molecule has 8 heteroatoms. The number of thiazole rings is 1. The number of aromatic nitrogens is 1. The van der Waals surface area contributed by atoms with Crippen LogP contribution in [0.5, 0.6) is 0 Å². The number of carbonyl (C=O) groups excluding carboxylic acids is 1. The fourth-order valence-corrected chi connectivity index (χ4v) is 6.42. The van der Waals surface area contributed by atoms with Gasteiger partial charge in [0, 0.05) is 17.5 Å². The molecule has 0 fully saturated rings. The summed E-state index contributed by atoms with van der Waals surface area (Å²) < 4.78 is 23.9. The second-order valence-electron chi connectivity index (χ2n) is 9.05. The zero-order valence-electron chi connectivity index (χ0n) is 20.0. The highest BCUT2D eigenvalue weighted by molar-refractivity contribution is 7.91. The Labute approximate surface area is 206 Å². The lowest BCUT2D eigenvalue weighted by Gasteiger charge is -2.33. The first-order chi connectivity index (χ1) is 16.2. The molecule has 0 spiro atoms. The van der Waals surface area contributed by atoms with Gasteiger partial charge in [0.2, 0.25) is 5.91 Å². The monoisotopic (exact) mass is 497 g/mol. The molecular weight excluding hydrogens is 466 g/mol. The summed E-state index contributed by atoms with van der Waals surface area (Å²) in [6.07, 6.45) is 0.168. The molecule has 1 aliphatic heterocycles. The van der Waals surface area contributed by atoms with Crippen molar-refractivity contribution in [3.63, 3.8) is 0 Å². The average Bonchev–Trinajstić information content (AvgIpc) is 3.36.